The minimum Gasteiger partial charge on any atom is -0.382 e. The van der Waals surface area contributed by atoms with E-state index in [9.17, 15) is 0 Å². The van der Waals surface area contributed by atoms with Crippen LogP contribution in [0.5, 0.6) is 0 Å². The summed E-state index contributed by atoms with van der Waals surface area (Å²) in [5.41, 5.74) is 9.55. The molecule has 0 saturated heterocycles. The molecule has 0 aromatic heterocycles. The summed E-state index contributed by atoms with van der Waals surface area (Å²) >= 11 is 3.35. The zero-order valence-electron chi connectivity index (χ0n) is 18.3. The molecule has 2 saturated carbocycles. The van der Waals surface area contributed by atoms with Gasteiger partial charge >= 0.3 is 0 Å². The minimum atomic E-state index is 0.536. The van der Waals surface area contributed by atoms with Crippen LogP contribution in [0, 0.1) is 13.8 Å². The second kappa shape index (κ2) is 13.8. The van der Waals surface area contributed by atoms with E-state index in [-0.39, 0.29) is 0 Å². The molecule has 0 spiro atoms. The summed E-state index contributed by atoms with van der Waals surface area (Å²) in [6.07, 6.45) is 13.6. The lowest BCUT2D eigenvalue weighted by Gasteiger charge is -2.23. The van der Waals surface area contributed by atoms with Crippen molar-refractivity contribution in [2.24, 2.45) is 5.73 Å². The number of benzene rings is 2. The van der Waals surface area contributed by atoms with Crippen LogP contribution in [0.4, 0.5) is 5.69 Å². The van der Waals surface area contributed by atoms with Crippen LogP contribution in [-0.4, -0.2) is 12.1 Å². The van der Waals surface area contributed by atoms with Crippen LogP contribution < -0.4 is 11.1 Å². The van der Waals surface area contributed by atoms with Gasteiger partial charge in [0.2, 0.25) is 0 Å². The Morgan fingerprint density at radius 1 is 0.690 bits per heavy atom. The van der Waals surface area contributed by atoms with Gasteiger partial charge in [-0.2, -0.15) is 0 Å². The van der Waals surface area contributed by atoms with Crippen molar-refractivity contribution >= 4 is 21.6 Å². The van der Waals surface area contributed by atoms with E-state index >= 15 is 0 Å². The van der Waals surface area contributed by atoms with Gasteiger partial charge in [-0.1, -0.05) is 89.8 Å². The molecule has 2 nitrogen and oxygen atoms in total. The molecular formula is C26H39BrN2. The monoisotopic (exact) mass is 458 g/mol. The summed E-state index contributed by atoms with van der Waals surface area (Å²) in [7, 11) is 0. The Balaban J connectivity index is 0.000000170. The predicted molar refractivity (Wildman–Crippen MR) is 132 cm³/mol. The summed E-state index contributed by atoms with van der Waals surface area (Å²) in [6.45, 7) is 4.21. The molecule has 2 aliphatic carbocycles. The highest BCUT2D eigenvalue weighted by atomic mass is 79.9. The first kappa shape index (κ1) is 24.0. The third kappa shape index (κ3) is 10.9. The van der Waals surface area contributed by atoms with Gasteiger partial charge in [0.25, 0.3) is 0 Å². The van der Waals surface area contributed by atoms with Gasteiger partial charge in [0, 0.05) is 22.2 Å². The lowest BCUT2D eigenvalue weighted by molar-refractivity contribution is 0.441. The van der Waals surface area contributed by atoms with Gasteiger partial charge < -0.3 is 11.1 Å². The Bertz CT molecular complexity index is 633. The van der Waals surface area contributed by atoms with Crippen molar-refractivity contribution in [2.45, 2.75) is 90.1 Å². The van der Waals surface area contributed by atoms with Gasteiger partial charge in [0.05, 0.1) is 0 Å². The van der Waals surface area contributed by atoms with E-state index < -0.39 is 0 Å². The third-order valence-electron chi connectivity index (χ3n) is 5.69. The highest BCUT2D eigenvalue weighted by molar-refractivity contribution is 9.10. The van der Waals surface area contributed by atoms with Crippen molar-refractivity contribution < 1.29 is 0 Å². The molecule has 0 aliphatic heterocycles. The number of nitrogens with one attached hydrogen (secondary N) is 1. The molecule has 0 bridgehead atoms. The van der Waals surface area contributed by atoms with Crippen LogP contribution in [0.15, 0.2) is 53.0 Å². The SMILES string of the molecule is Cc1ccc(Br)cc1.Cc1ccc(NC2CCCCC2)cc1.NC1CCCCC1. The van der Waals surface area contributed by atoms with E-state index in [1.807, 2.05) is 12.1 Å². The maximum atomic E-state index is 5.63. The number of rotatable bonds is 2. The normalized spacial score (nSPS) is 17.4. The average molecular weight is 460 g/mol. The molecule has 3 N–H and O–H groups in total. The number of hydrogen-bond donors (Lipinski definition) is 2. The molecule has 3 heteroatoms. The molecule has 0 unspecified atom stereocenters. The molecule has 0 heterocycles. The standard InChI is InChI=1S/C13H19N.C7H7Br.C6H13N/c1-11-7-9-13(10-8-11)14-12-5-3-2-4-6-12;1-6-2-4-7(8)5-3-6;7-6-4-2-1-3-5-6/h7-10,12,14H,2-6H2,1H3;2-5H,1H3;6H,1-5,7H2. The Morgan fingerprint density at radius 2 is 1.14 bits per heavy atom. The molecular weight excluding hydrogens is 420 g/mol. The summed E-state index contributed by atoms with van der Waals surface area (Å²) in [4.78, 5) is 0. The quantitative estimate of drug-likeness (QED) is 0.481. The topological polar surface area (TPSA) is 38.0 Å². The molecule has 0 radical (unpaired) electrons. The Morgan fingerprint density at radius 3 is 1.55 bits per heavy atom. The highest BCUT2D eigenvalue weighted by Gasteiger charge is 2.12. The van der Waals surface area contributed by atoms with Crippen molar-refractivity contribution in [2.75, 3.05) is 5.32 Å². The fraction of sp³-hybridized carbons (Fsp3) is 0.538. The Hall–Kier alpha value is -1.32. The lowest BCUT2D eigenvalue weighted by atomic mass is 9.95. The molecule has 29 heavy (non-hydrogen) atoms. The van der Waals surface area contributed by atoms with E-state index in [0.29, 0.717) is 12.1 Å². The van der Waals surface area contributed by atoms with E-state index in [0.717, 1.165) is 4.47 Å². The molecule has 160 valence electrons. The molecule has 2 aliphatic rings. The van der Waals surface area contributed by atoms with Crippen molar-refractivity contribution in [3.63, 3.8) is 0 Å². The Labute approximate surface area is 186 Å². The number of nitrogens with two attached hydrogens (primary N) is 1. The number of anilines is 1. The van der Waals surface area contributed by atoms with Gasteiger partial charge in [-0.3, -0.25) is 0 Å². The molecule has 0 amide bonds. The number of aryl methyl sites for hydroxylation is 2. The van der Waals surface area contributed by atoms with Crippen LogP contribution in [0.1, 0.15) is 75.3 Å². The predicted octanol–water partition coefficient (Wildman–Crippen LogP) is 7.77. The van der Waals surface area contributed by atoms with Crippen molar-refractivity contribution in [1.82, 2.24) is 0 Å². The van der Waals surface area contributed by atoms with Crippen LogP contribution in [0.3, 0.4) is 0 Å². The number of halogens is 1. The van der Waals surface area contributed by atoms with Gasteiger partial charge in [0.15, 0.2) is 0 Å². The lowest BCUT2D eigenvalue weighted by Crippen LogP contribution is -2.22. The van der Waals surface area contributed by atoms with E-state index in [4.69, 9.17) is 5.73 Å². The van der Waals surface area contributed by atoms with E-state index in [2.05, 4.69) is 71.5 Å². The molecule has 0 atom stereocenters. The molecule has 4 rings (SSSR count). The zero-order valence-corrected chi connectivity index (χ0v) is 19.9. The Kier molecular flexibility index (Phi) is 11.4. The molecule has 2 aromatic rings. The highest BCUT2D eigenvalue weighted by Crippen LogP contribution is 2.21. The van der Waals surface area contributed by atoms with E-state index in [1.54, 1.807) is 0 Å². The summed E-state index contributed by atoms with van der Waals surface area (Å²) in [5, 5.41) is 3.61. The fourth-order valence-electron chi connectivity index (χ4n) is 3.80. The van der Waals surface area contributed by atoms with Crippen LogP contribution in [0.25, 0.3) is 0 Å². The fourth-order valence-corrected chi connectivity index (χ4v) is 4.06. The van der Waals surface area contributed by atoms with Crippen molar-refractivity contribution in [3.8, 4) is 0 Å². The third-order valence-corrected chi connectivity index (χ3v) is 6.22. The smallest absolute Gasteiger partial charge is 0.0342 e. The summed E-state index contributed by atoms with van der Waals surface area (Å²) in [5.74, 6) is 0. The summed E-state index contributed by atoms with van der Waals surface area (Å²) < 4.78 is 1.14. The van der Waals surface area contributed by atoms with Gasteiger partial charge in [-0.25, -0.2) is 0 Å². The van der Waals surface area contributed by atoms with Gasteiger partial charge in [-0.05, 0) is 63.8 Å². The van der Waals surface area contributed by atoms with Crippen LogP contribution in [0.2, 0.25) is 0 Å². The second-order valence-corrected chi connectivity index (χ2v) is 9.45. The zero-order chi connectivity index (χ0) is 20.9. The maximum Gasteiger partial charge on any atom is 0.0342 e. The van der Waals surface area contributed by atoms with Crippen LogP contribution in [-0.2, 0) is 0 Å². The largest absolute Gasteiger partial charge is 0.382 e. The average Bonchev–Trinajstić information content (AvgIpc) is 2.74. The van der Waals surface area contributed by atoms with E-state index in [1.165, 1.54) is 81.0 Å². The van der Waals surface area contributed by atoms with Crippen molar-refractivity contribution in [1.29, 1.82) is 0 Å². The van der Waals surface area contributed by atoms with Gasteiger partial charge in [-0.15, -0.1) is 0 Å². The second-order valence-electron chi connectivity index (χ2n) is 8.54. The van der Waals surface area contributed by atoms with Gasteiger partial charge in [0.1, 0.15) is 0 Å². The van der Waals surface area contributed by atoms with Crippen molar-refractivity contribution in [3.05, 3.63) is 64.1 Å². The molecule has 2 fully saturated rings. The first-order chi connectivity index (χ1) is 14.0. The van der Waals surface area contributed by atoms with Crippen LogP contribution >= 0.6 is 15.9 Å². The minimum absolute atomic E-state index is 0.536. The summed E-state index contributed by atoms with van der Waals surface area (Å²) in [6, 6.07) is 18.2. The number of hydrogen-bond acceptors (Lipinski definition) is 2. The first-order valence-corrected chi connectivity index (χ1v) is 12.1. The maximum absolute atomic E-state index is 5.63. The molecule has 2 aromatic carbocycles. The first-order valence-electron chi connectivity index (χ1n) is 11.3.